The van der Waals surface area contributed by atoms with Gasteiger partial charge in [0.05, 0.1) is 34.0 Å². The molecule has 4 saturated heterocycles. The number of para-hydroxylation sites is 1. The van der Waals surface area contributed by atoms with Gasteiger partial charge in [0, 0.05) is 79.7 Å². The minimum Gasteiger partial charge on any atom is -0.397 e. The standard InChI is InChI=1S/C38H45BrF3N9O3/c1-47-24-6-7-25(47)20-26(19-24)48-12-14-49(15-13-48)35(52)31(18-22-16-28(38(40,41)42)33(43)29(39)17-22)45-36(53)50-10-8-23(9-11-50)51-32-21-44-30-5-3-2-4-27(30)34(32)46-37(51)54/h2-5,16-17,21,23-26,31H,6-15,18-20,43H2,1H3,(H,45,53)(H,46,54). The minimum atomic E-state index is -4.70. The molecule has 6 heterocycles. The molecule has 54 heavy (non-hydrogen) atoms. The van der Waals surface area contributed by atoms with Gasteiger partial charge in [0.2, 0.25) is 5.91 Å². The van der Waals surface area contributed by atoms with Gasteiger partial charge in [-0.3, -0.25) is 19.2 Å². The molecule has 16 heteroatoms. The van der Waals surface area contributed by atoms with Gasteiger partial charge >= 0.3 is 17.9 Å². The number of H-pyrrole nitrogens is 1. The number of piperidine rings is 2. The maximum absolute atomic E-state index is 14.2. The second kappa shape index (κ2) is 14.5. The number of hydrogen-bond donors (Lipinski definition) is 3. The molecule has 0 spiro atoms. The number of pyridine rings is 1. The Bertz CT molecular complexity index is 2110. The average Bonchev–Trinajstić information content (AvgIpc) is 3.58. The van der Waals surface area contributed by atoms with Crippen molar-refractivity contribution in [2.45, 2.75) is 81.3 Å². The van der Waals surface area contributed by atoms with Crippen LogP contribution in [-0.2, 0) is 17.4 Å². The number of nitrogens with two attached hydrogens (primary N) is 1. The Morgan fingerprint density at radius 1 is 0.963 bits per heavy atom. The lowest BCUT2D eigenvalue weighted by atomic mass is 9.95. The fourth-order valence-electron chi connectivity index (χ4n) is 9.32. The number of likely N-dealkylation sites (tertiary alicyclic amines) is 1. The van der Waals surface area contributed by atoms with Gasteiger partial charge in [-0.25, -0.2) is 9.59 Å². The number of rotatable bonds is 6. The minimum absolute atomic E-state index is 0.0725. The van der Waals surface area contributed by atoms with Crippen molar-refractivity contribution in [3.63, 3.8) is 0 Å². The van der Waals surface area contributed by atoms with Crippen molar-refractivity contribution < 1.29 is 22.8 Å². The second-order valence-corrected chi connectivity index (χ2v) is 16.2. The number of aromatic nitrogens is 3. The number of imidazole rings is 1. The Hall–Kier alpha value is -4.15. The first kappa shape index (κ1) is 36.8. The van der Waals surface area contributed by atoms with E-state index in [2.05, 4.69) is 48.1 Å². The van der Waals surface area contributed by atoms with Gasteiger partial charge in [-0.05, 0) is 85.3 Å². The van der Waals surface area contributed by atoms with Crippen LogP contribution in [0.4, 0.5) is 23.7 Å². The quantitative estimate of drug-likeness (QED) is 0.234. The Balaban J connectivity index is 0.970. The zero-order chi connectivity index (χ0) is 37.9. The number of hydrogen-bond acceptors (Lipinski definition) is 7. The number of urea groups is 1. The molecule has 4 fully saturated rings. The summed E-state index contributed by atoms with van der Waals surface area (Å²) in [4.78, 5) is 57.1. The second-order valence-electron chi connectivity index (χ2n) is 15.3. The fraction of sp³-hybridized carbons (Fsp3) is 0.526. The zero-order valence-electron chi connectivity index (χ0n) is 30.1. The van der Waals surface area contributed by atoms with Crippen LogP contribution < -0.4 is 16.7 Å². The van der Waals surface area contributed by atoms with E-state index in [9.17, 15) is 27.6 Å². The summed E-state index contributed by atoms with van der Waals surface area (Å²) in [6.07, 6.45) is 2.52. The van der Waals surface area contributed by atoms with Gasteiger partial charge in [-0.2, -0.15) is 13.2 Å². The molecule has 0 saturated carbocycles. The summed E-state index contributed by atoms with van der Waals surface area (Å²) in [6, 6.07) is 9.94. The Kier molecular flexibility index (Phi) is 9.88. The summed E-state index contributed by atoms with van der Waals surface area (Å²) in [7, 11) is 2.22. The molecule has 4 aliphatic rings. The molecule has 4 aliphatic heterocycles. The first-order valence-electron chi connectivity index (χ1n) is 18.8. The van der Waals surface area contributed by atoms with Gasteiger partial charge in [-0.1, -0.05) is 18.2 Å². The molecule has 2 aromatic heterocycles. The van der Waals surface area contributed by atoms with Crippen LogP contribution >= 0.6 is 15.9 Å². The highest BCUT2D eigenvalue weighted by Gasteiger charge is 2.42. The number of nitrogens with one attached hydrogen (secondary N) is 2. The van der Waals surface area contributed by atoms with Crippen LogP contribution in [0.2, 0.25) is 0 Å². The molecule has 3 atom stereocenters. The first-order valence-corrected chi connectivity index (χ1v) is 19.6. The molecule has 4 N–H and O–H groups in total. The highest BCUT2D eigenvalue weighted by atomic mass is 79.9. The summed E-state index contributed by atoms with van der Waals surface area (Å²) in [5.41, 5.74) is 6.53. The predicted molar refractivity (Wildman–Crippen MR) is 203 cm³/mol. The number of amides is 3. The van der Waals surface area contributed by atoms with Crippen molar-refractivity contribution in [2.75, 3.05) is 52.0 Å². The van der Waals surface area contributed by atoms with E-state index < -0.39 is 29.5 Å². The monoisotopic (exact) mass is 811 g/mol. The fourth-order valence-corrected chi connectivity index (χ4v) is 9.83. The SMILES string of the molecule is CN1C2CCC1CC(N1CCN(C(=O)C(Cc3cc(Br)c(N)c(C(F)(F)F)c3)NC(=O)N3CCC(n4c(=O)[nH]c5c6ccccc6ncc54)CC3)CC1)C2. The van der Waals surface area contributed by atoms with Crippen molar-refractivity contribution >= 4 is 55.5 Å². The number of benzene rings is 2. The molecule has 12 nitrogen and oxygen atoms in total. The number of carbonyl (C=O) groups excluding carboxylic acids is 2. The predicted octanol–water partition coefficient (Wildman–Crippen LogP) is 4.97. The number of carbonyl (C=O) groups is 2. The van der Waals surface area contributed by atoms with Crippen LogP contribution in [0, 0.1) is 0 Å². The number of piperazine rings is 1. The van der Waals surface area contributed by atoms with Gasteiger partial charge < -0.3 is 30.7 Å². The van der Waals surface area contributed by atoms with Crippen molar-refractivity contribution in [3.8, 4) is 0 Å². The van der Waals surface area contributed by atoms with E-state index in [1.54, 1.807) is 20.6 Å². The summed E-state index contributed by atoms with van der Waals surface area (Å²) in [5.74, 6) is -0.326. The van der Waals surface area contributed by atoms with E-state index in [4.69, 9.17) is 5.73 Å². The smallest absolute Gasteiger partial charge is 0.397 e. The highest BCUT2D eigenvalue weighted by Crippen LogP contribution is 2.39. The maximum atomic E-state index is 14.2. The van der Waals surface area contributed by atoms with Crippen LogP contribution in [0.15, 0.2) is 51.9 Å². The van der Waals surface area contributed by atoms with E-state index in [1.165, 1.54) is 18.9 Å². The van der Waals surface area contributed by atoms with Gasteiger partial charge in [0.15, 0.2) is 0 Å². The van der Waals surface area contributed by atoms with Crippen LogP contribution in [0.3, 0.4) is 0 Å². The summed E-state index contributed by atoms with van der Waals surface area (Å²) < 4.78 is 43.6. The van der Waals surface area contributed by atoms with Gasteiger partial charge in [-0.15, -0.1) is 0 Å². The van der Waals surface area contributed by atoms with E-state index >= 15 is 0 Å². The van der Waals surface area contributed by atoms with E-state index in [0.29, 0.717) is 75.8 Å². The topological polar surface area (TPSA) is 136 Å². The number of halogens is 4. The zero-order valence-corrected chi connectivity index (χ0v) is 31.7. The Morgan fingerprint density at radius 2 is 1.65 bits per heavy atom. The van der Waals surface area contributed by atoms with E-state index in [1.807, 2.05) is 24.3 Å². The normalized spacial score (nSPS) is 23.7. The number of nitrogens with zero attached hydrogens (tertiary/aromatic N) is 6. The third kappa shape index (κ3) is 6.96. The van der Waals surface area contributed by atoms with Gasteiger partial charge in [0.25, 0.3) is 0 Å². The Morgan fingerprint density at radius 3 is 2.33 bits per heavy atom. The van der Waals surface area contributed by atoms with Crippen LogP contribution in [0.1, 0.15) is 55.7 Å². The van der Waals surface area contributed by atoms with Crippen molar-refractivity contribution in [1.29, 1.82) is 0 Å². The number of aromatic amines is 1. The highest BCUT2D eigenvalue weighted by molar-refractivity contribution is 9.10. The molecule has 3 amide bonds. The molecule has 0 radical (unpaired) electrons. The number of fused-ring (bicyclic) bond motifs is 5. The van der Waals surface area contributed by atoms with Crippen molar-refractivity contribution in [3.05, 3.63) is 68.7 Å². The van der Waals surface area contributed by atoms with Crippen LogP contribution in [0.5, 0.6) is 0 Å². The van der Waals surface area contributed by atoms with Crippen molar-refractivity contribution in [1.82, 2.24) is 39.5 Å². The Labute approximate surface area is 318 Å². The third-order valence-corrected chi connectivity index (χ3v) is 13.0. The molecule has 3 unspecified atom stereocenters. The molecular weight excluding hydrogens is 767 g/mol. The molecule has 288 valence electrons. The molecule has 0 aliphatic carbocycles. The van der Waals surface area contributed by atoms with Crippen LogP contribution in [0.25, 0.3) is 21.9 Å². The van der Waals surface area contributed by atoms with E-state index in [0.717, 1.165) is 35.3 Å². The lowest BCUT2D eigenvalue weighted by Crippen LogP contribution is -2.59. The molecule has 2 bridgehead atoms. The summed E-state index contributed by atoms with van der Waals surface area (Å²) >= 11 is 3.17. The largest absolute Gasteiger partial charge is 0.418 e. The first-order chi connectivity index (χ1) is 25.9. The van der Waals surface area contributed by atoms with E-state index in [-0.39, 0.29) is 34.1 Å². The average molecular weight is 813 g/mol. The summed E-state index contributed by atoms with van der Waals surface area (Å²) in [5, 5.41) is 3.75. The van der Waals surface area contributed by atoms with Crippen molar-refractivity contribution in [2.24, 2.45) is 0 Å². The third-order valence-electron chi connectivity index (χ3n) is 12.3. The number of anilines is 1. The molecule has 8 rings (SSSR count). The van der Waals surface area contributed by atoms with Gasteiger partial charge in [0.1, 0.15) is 6.04 Å². The number of alkyl halides is 3. The lowest BCUT2D eigenvalue weighted by Gasteiger charge is -2.45. The maximum Gasteiger partial charge on any atom is 0.418 e. The molecular formula is C38H45BrF3N9O3. The molecule has 2 aromatic carbocycles. The summed E-state index contributed by atoms with van der Waals surface area (Å²) in [6.45, 7) is 3.00. The lowest BCUT2D eigenvalue weighted by molar-refractivity contribution is -0.137. The molecule has 4 aromatic rings. The van der Waals surface area contributed by atoms with Crippen LogP contribution in [-0.4, -0.2) is 117 Å². The number of nitrogen functional groups attached to an aromatic ring is 1.